The molecule has 0 spiro atoms. The fourth-order valence-electron chi connectivity index (χ4n) is 1.88. The summed E-state index contributed by atoms with van der Waals surface area (Å²) in [5.41, 5.74) is 1.82. The zero-order valence-electron chi connectivity index (χ0n) is 10.3. The molecule has 0 aliphatic heterocycles. The number of nitrogens with one attached hydrogen (secondary N) is 1. The molecule has 2 aromatic heterocycles. The zero-order valence-corrected chi connectivity index (χ0v) is 11.1. The number of hydrogen-bond donors (Lipinski definition) is 1. The molecule has 0 saturated carbocycles. The van der Waals surface area contributed by atoms with Gasteiger partial charge < -0.3 is 5.32 Å². The molecule has 1 N–H and O–H groups in total. The standard InChI is InChI=1S/C13H10N4O2S/c18-17(19)10-3-1-2-9(6-10)7-14-13-12-11(4-5-20-12)15-8-16-13/h1-6,8H,7H2,(H,14,15,16). The molecule has 20 heavy (non-hydrogen) atoms. The van der Waals surface area contributed by atoms with Crippen molar-refractivity contribution in [2.45, 2.75) is 6.54 Å². The van der Waals surface area contributed by atoms with Crippen molar-refractivity contribution in [2.75, 3.05) is 5.32 Å². The van der Waals surface area contributed by atoms with Gasteiger partial charge in [-0.2, -0.15) is 0 Å². The van der Waals surface area contributed by atoms with Crippen molar-refractivity contribution in [3.8, 4) is 0 Å². The van der Waals surface area contributed by atoms with Crippen LogP contribution in [0.1, 0.15) is 5.56 Å². The lowest BCUT2D eigenvalue weighted by Crippen LogP contribution is -2.02. The third kappa shape index (κ3) is 2.43. The summed E-state index contributed by atoms with van der Waals surface area (Å²) in [7, 11) is 0. The van der Waals surface area contributed by atoms with Crippen LogP contribution in [-0.4, -0.2) is 14.9 Å². The summed E-state index contributed by atoms with van der Waals surface area (Å²) >= 11 is 1.56. The Bertz CT molecular complexity index is 772. The van der Waals surface area contributed by atoms with Crippen LogP contribution in [0.15, 0.2) is 42.0 Å². The van der Waals surface area contributed by atoms with Crippen molar-refractivity contribution < 1.29 is 4.92 Å². The van der Waals surface area contributed by atoms with Crippen LogP contribution in [0.2, 0.25) is 0 Å². The Morgan fingerprint density at radius 1 is 1.30 bits per heavy atom. The average molecular weight is 286 g/mol. The third-order valence-electron chi connectivity index (χ3n) is 2.82. The van der Waals surface area contributed by atoms with Gasteiger partial charge in [-0.05, 0) is 17.0 Å². The van der Waals surface area contributed by atoms with Crippen LogP contribution in [-0.2, 0) is 6.54 Å². The van der Waals surface area contributed by atoms with Crippen molar-refractivity contribution in [2.24, 2.45) is 0 Å². The molecule has 6 nitrogen and oxygen atoms in total. The van der Waals surface area contributed by atoms with Gasteiger partial charge in [0.2, 0.25) is 0 Å². The highest BCUT2D eigenvalue weighted by atomic mass is 32.1. The maximum atomic E-state index is 10.7. The van der Waals surface area contributed by atoms with Crippen LogP contribution in [0.4, 0.5) is 11.5 Å². The Morgan fingerprint density at radius 2 is 2.20 bits per heavy atom. The molecule has 0 fully saturated rings. The monoisotopic (exact) mass is 286 g/mol. The van der Waals surface area contributed by atoms with Gasteiger partial charge in [0.1, 0.15) is 12.1 Å². The molecule has 100 valence electrons. The first kappa shape index (κ1) is 12.5. The van der Waals surface area contributed by atoms with Gasteiger partial charge in [0, 0.05) is 18.7 Å². The van der Waals surface area contributed by atoms with Crippen molar-refractivity contribution in [3.63, 3.8) is 0 Å². The molecular weight excluding hydrogens is 276 g/mol. The number of nitrogens with zero attached hydrogens (tertiary/aromatic N) is 3. The van der Waals surface area contributed by atoms with E-state index in [-0.39, 0.29) is 5.69 Å². The quantitative estimate of drug-likeness (QED) is 0.588. The van der Waals surface area contributed by atoms with E-state index in [0.717, 1.165) is 21.6 Å². The molecule has 0 aliphatic carbocycles. The van der Waals surface area contributed by atoms with Gasteiger partial charge >= 0.3 is 0 Å². The maximum Gasteiger partial charge on any atom is 0.269 e. The SMILES string of the molecule is O=[N+]([O-])c1cccc(CNc2ncnc3ccsc23)c1. The van der Waals surface area contributed by atoms with Gasteiger partial charge in [0.25, 0.3) is 5.69 Å². The first-order valence-corrected chi connectivity index (χ1v) is 6.77. The number of thiophene rings is 1. The Hall–Kier alpha value is -2.54. The molecule has 2 heterocycles. The van der Waals surface area contributed by atoms with Gasteiger partial charge in [-0.15, -0.1) is 11.3 Å². The molecule has 0 aliphatic rings. The molecule has 1 aromatic carbocycles. The summed E-state index contributed by atoms with van der Waals surface area (Å²) < 4.78 is 0.984. The van der Waals surface area contributed by atoms with E-state index in [1.54, 1.807) is 23.5 Å². The van der Waals surface area contributed by atoms with E-state index in [0.29, 0.717) is 6.54 Å². The number of non-ortho nitro benzene ring substituents is 1. The molecule has 3 rings (SSSR count). The number of benzene rings is 1. The van der Waals surface area contributed by atoms with Crippen LogP contribution in [0.25, 0.3) is 10.2 Å². The number of rotatable bonds is 4. The summed E-state index contributed by atoms with van der Waals surface area (Å²) in [5, 5.41) is 15.9. The van der Waals surface area contributed by atoms with Crippen molar-refractivity contribution >= 4 is 33.1 Å². The normalized spacial score (nSPS) is 10.6. The fourth-order valence-corrected chi connectivity index (χ4v) is 2.69. The molecule has 0 radical (unpaired) electrons. The molecule has 0 atom stereocenters. The van der Waals surface area contributed by atoms with Crippen molar-refractivity contribution in [3.05, 3.63) is 57.7 Å². The van der Waals surface area contributed by atoms with Crippen LogP contribution in [0, 0.1) is 10.1 Å². The first-order valence-electron chi connectivity index (χ1n) is 5.89. The summed E-state index contributed by atoms with van der Waals surface area (Å²) in [5.74, 6) is 0.747. The molecule has 3 aromatic rings. The Morgan fingerprint density at radius 3 is 3.05 bits per heavy atom. The van der Waals surface area contributed by atoms with E-state index in [4.69, 9.17) is 0 Å². The smallest absolute Gasteiger partial charge is 0.269 e. The summed E-state index contributed by atoms with van der Waals surface area (Å²) in [6, 6.07) is 8.48. The van der Waals surface area contributed by atoms with Crippen molar-refractivity contribution in [1.29, 1.82) is 0 Å². The van der Waals surface area contributed by atoms with Gasteiger partial charge in [0.05, 0.1) is 15.1 Å². The molecule has 0 bridgehead atoms. The topological polar surface area (TPSA) is 81.0 Å². The lowest BCUT2D eigenvalue weighted by molar-refractivity contribution is -0.384. The highest BCUT2D eigenvalue weighted by Crippen LogP contribution is 2.25. The highest BCUT2D eigenvalue weighted by Gasteiger charge is 2.07. The Kier molecular flexibility index (Phi) is 3.26. The average Bonchev–Trinajstić information content (AvgIpc) is 2.94. The molecular formula is C13H10N4O2S. The third-order valence-corrected chi connectivity index (χ3v) is 3.73. The van der Waals surface area contributed by atoms with Gasteiger partial charge in [0.15, 0.2) is 0 Å². The number of aromatic nitrogens is 2. The summed E-state index contributed by atoms with van der Waals surface area (Å²) in [6.45, 7) is 0.478. The van der Waals surface area contributed by atoms with Gasteiger partial charge in [-0.1, -0.05) is 12.1 Å². The number of nitro groups is 1. The van der Waals surface area contributed by atoms with E-state index < -0.39 is 4.92 Å². The Balaban J connectivity index is 1.81. The van der Waals surface area contributed by atoms with Gasteiger partial charge in [-0.25, -0.2) is 9.97 Å². The summed E-state index contributed by atoms with van der Waals surface area (Å²) in [4.78, 5) is 18.7. The largest absolute Gasteiger partial charge is 0.365 e. The molecule has 7 heteroatoms. The second-order valence-electron chi connectivity index (χ2n) is 4.14. The first-order chi connectivity index (χ1) is 9.74. The minimum Gasteiger partial charge on any atom is -0.365 e. The lowest BCUT2D eigenvalue weighted by Gasteiger charge is -2.06. The van der Waals surface area contributed by atoms with E-state index in [1.807, 2.05) is 17.5 Å². The second kappa shape index (κ2) is 5.22. The Labute approximate surface area is 118 Å². The predicted molar refractivity (Wildman–Crippen MR) is 77.8 cm³/mol. The van der Waals surface area contributed by atoms with Crippen LogP contribution in [0.5, 0.6) is 0 Å². The highest BCUT2D eigenvalue weighted by molar-refractivity contribution is 7.17. The predicted octanol–water partition coefficient (Wildman–Crippen LogP) is 3.21. The number of nitro benzene ring substituents is 1. The number of hydrogen-bond acceptors (Lipinski definition) is 6. The molecule has 0 amide bonds. The maximum absolute atomic E-state index is 10.7. The zero-order chi connectivity index (χ0) is 13.9. The van der Waals surface area contributed by atoms with E-state index in [9.17, 15) is 10.1 Å². The molecule has 0 saturated heterocycles. The van der Waals surface area contributed by atoms with Crippen LogP contribution < -0.4 is 5.32 Å². The van der Waals surface area contributed by atoms with Crippen LogP contribution in [0.3, 0.4) is 0 Å². The van der Waals surface area contributed by atoms with Crippen molar-refractivity contribution in [1.82, 2.24) is 9.97 Å². The number of anilines is 1. The minimum absolute atomic E-state index is 0.0910. The van der Waals surface area contributed by atoms with E-state index in [1.165, 1.54) is 12.4 Å². The molecule has 0 unspecified atom stereocenters. The van der Waals surface area contributed by atoms with E-state index >= 15 is 0 Å². The summed E-state index contributed by atoms with van der Waals surface area (Å²) in [6.07, 6.45) is 1.50. The minimum atomic E-state index is -0.397. The lowest BCUT2D eigenvalue weighted by atomic mass is 10.2. The second-order valence-corrected chi connectivity index (χ2v) is 5.05. The number of fused-ring (bicyclic) bond motifs is 1. The van der Waals surface area contributed by atoms with E-state index in [2.05, 4.69) is 15.3 Å². The van der Waals surface area contributed by atoms with Crippen LogP contribution >= 0.6 is 11.3 Å². The van der Waals surface area contributed by atoms with Gasteiger partial charge in [-0.3, -0.25) is 10.1 Å². The fraction of sp³-hybridized carbons (Fsp3) is 0.0769.